The van der Waals surface area contributed by atoms with Crippen molar-refractivity contribution in [2.45, 2.75) is 83.0 Å². The summed E-state index contributed by atoms with van der Waals surface area (Å²) < 4.78 is 15.3. The lowest BCUT2D eigenvalue weighted by atomic mass is 9.85. The zero-order valence-electron chi connectivity index (χ0n) is 35.5. The molecule has 0 bridgehead atoms. The molecule has 2 aromatic carbocycles. The van der Waals surface area contributed by atoms with Crippen LogP contribution < -0.4 is 10.6 Å². The molecule has 0 spiro atoms. The summed E-state index contributed by atoms with van der Waals surface area (Å²) in [7, 11) is 4.16. The molecule has 4 aromatic rings. The zero-order valence-corrected chi connectivity index (χ0v) is 37.1. The van der Waals surface area contributed by atoms with Gasteiger partial charge in [0.2, 0.25) is 11.8 Å². The smallest absolute Gasteiger partial charge is 0.407 e. The third-order valence-corrected chi connectivity index (χ3v) is 12.6. The second kappa shape index (κ2) is 18.7. The van der Waals surface area contributed by atoms with Gasteiger partial charge >= 0.3 is 12.2 Å². The Morgan fingerprint density at radius 3 is 1.93 bits per heavy atom. The number of carbonyl (C=O) groups excluding carboxylic acids is 4. The topological polar surface area (TPSA) is 184 Å². The molecular formula is C43H55ClN8O7S. The molecule has 60 heavy (non-hydrogen) atoms. The number of hydrogen-bond donors (Lipinski definition) is 4. The Morgan fingerprint density at radius 1 is 0.800 bits per heavy atom. The van der Waals surface area contributed by atoms with Crippen molar-refractivity contribution in [3.63, 3.8) is 0 Å². The average molecular weight is 863 g/mol. The molecule has 4 heterocycles. The number of alkyl carbamates (subject to hydrolysis) is 2. The molecule has 1 unspecified atom stereocenters. The number of imidazole rings is 2. The number of halogens is 1. The Morgan fingerprint density at radius 2 is 1.37 bits per heavy atom. The Bertz CT molecular complexity index is 2150. The van der Waals surface area contributed by atoms with Gasteiger partial charge in [-0.15, -0.1) is 0 Å². The van der Waals surface area contributed by atoms with E-state index in [-0.39, 0.29) is 40.3 Å². The molecule has 4 amide bonds. The first-order valence-electron chi connectivity index (χ1n) is 19.9. The van der Waals surface area contributed by atoms with Gasteiger partial charge in [0.1, 0.15) is 23.7 Å². The number of nitrogens with zero attached hydrogens (tertiary/aromatic N) is 4. The highest BCUT2D eigenvalue weighted by atomic mass is 35.5. The number of carbonyl (C=O) groups is 4. The number of H-pyrrole nitrogens is 2. The fraction of sp³-hybridized carbons (Fsp3) is 0.488. The van der Waals surface area contributed by atoms with Crippen LogP contribution >= 0.6 is 23.4 Å². The summed E-state index contributed by atoms with van der Waals surface area (Å²) in [6.45, 7) is 10.4. The molecule has 0 saturated carbocycles. The van der Waals surface area contributed by atoms with Gasteiger partial charge in [-0.25, -0.2) is 19.6 Å². The highest BCUT2D eigenvalue weighted by Crippen LogP contribution is 2.39. The fourth-order valence-electron chi connectivity index (χ4n) is 7.85. The van der Waals surface area contributed by atoms with E-state index < -0.39 is 35.7 Å². The number of aromatic amines is 2. The molecule has 4 N–H and O–H groups in total. The summed E-state index contributed by atoms with van der Waals surface area (Å²) in [6, 6.07) is 13.8. The van der Waals surface area contributed by atoms with E-state index >= 15 is 0 Å². The summed E-state index contributed by atoms with van der Waals surface area (Å²) in [5, 5.41) is 5.93. The van der Waals surface area contributed by atoms with Gasteiger partial charge in [0, 0.05) is 37.4 Å². The molecule has 6 atom stereocenters. The van der Waals surface area contributed by atoms with Gasteiger partial charge in [-0.05, 0) is 40.7 Å². The van der Waals surface area contributed by atoms with Crippen LogP contribution in [-0.4, -0.2) is 118 Å². The van der Waals surface area contributed by atoms with Crippen molar-refractivity contribution in [1.29, 1.82) is 0 Å². The SMILES string of the molecule is COC(=O)N[C@H](C(=O)N1C[C@@H](OC)C[C@H]1c1nc(Cl)c(-c2ccc(-c3ccc(-c4cnc(C5C[C@H](SC)CN5C(=O)[C@@H](NC(=O)OC)C(C)(C)C)[nH]4)cc3)cc2)[nH]1)C(C)C. The molecule has 2 fully saturated rings. The van der Waals surface area contributed by atoms with Gasteiger partial charge in [-0.2, -0.15) is 11.8 Å². The third kappa shape index (κ3) is 9.60. The van der Waals surface area contributed by atoms with E-state index in [1.807, 2.05) is 94.3 Å². The van der Waals surface area contributed by atoms with Crippen molar-refractivity contribution >= 4 is 47.4 Å². The highest BCUT2D eigenvalue weighted by Gasteiger charge is 2.44. The van der Waals surface area contributed by atoms with Gasteiger partial charge in [0.15, 0.2) is 5.15 Å². The molecule has 6 rings (SSSR count). The van der Waals surface area contributed by atoms with Crippen molar-refractivity contribution < 1.29 is 33.4 Å². The van der Waals surface area contributed by atoms with E-state index in [0.29, 0.717) is 36.9 Å². The van der Waals surface area contributed by atoms with Crippen molar-refractivity contribution in [3.05, 3.63) is 71.5 Å². The van der Waals surface area contributed by atoms with E-state index in [0.717, 1.165) is 34.4 Å². The van der Waals surface area contributed by atoms with E-state index in [4.69, 9.17) is 30.8 Å². The zero-order chi connectivity index (χ0) is 43.5. The van der Waals surface area contributed by atoms with Crippen LogP contribution in [0.4, 0.5) is 9.59 Å². The average Bonchev–Trinajstić information content (AvgIpc) is 4.06. The minimum atomic E-state index is -0.794. The van der Waals surface area contributed by atoms with Crippen molar-refractivity contribution in [2.75, 3.05) is 40.7 Å². The number of thioether (sulfide) groups is 1. The molecule has 2 aliphatic heterocycles. The number of rotatable bonds is 12. The Hall–Kier alpha value is -5.06. The Balaban J connectivity index is 1.17. The number of aromatic nitrogens is 4. The second-order valence-electron chi connectivity index (χ2n) is 16.6. The summed E-state index contributed by atoms with van der Waals surface area (Å²) >= 11 is 8.44. The monoisotopic (exact) mass is 862 g/mol. The third-order valence-electron chi connectivity index (χ3n) is 11.3. The van der Waals surface area contributed by atoms with Crippen LogP contribution in [0.3, 0.4) is 0 Å². The minimum absolute atomic E-state index is 0.170. The maximum absolute atomic E-state index is 14.0. The van der Waals surface area contributed by atoms with E-state index in [1.54, 1.807) is 30.0 Å². The standard InChI is InChI=1S/C43H55ClN8O7S/c1-23(2)33(48-41(55)58-7)39(53)51-21-28(57-6)18-31(51)38-47-34(36(44)50-38)27-16-12-25(13-17-27)24-10-14-26(15-11-24)30-20-45-37(46-30)32-19-29(60-9)22-52(32)40(54)35(43(3,4)5)49-42(56)59-8/h10-17,20,23,28-29,31-33,35H,18-19,21-22H2,1-9H3,(H,45,46)(H,47,50)(H,48,55)(H,49,56)/t28-,29-,31-,32?,33-,35+/m0/s1. The molecule has 15 nitrogen and oxygen atoms in total. The van der Waals surface area contributed by atoms with E-state index in [2.05, 4.69) is 25.6 Å². The minimum Gasteiger partial charge on any atom is -0.453 e. The number of hydrogen-bond acceptors (Lipinski definition) is 10. The van der Waals surface area contributed by atoms with Crippen LogP contribution in [0.5, 0.6) is 0 Å². The molecular weight excluding hydrogens is 808 g/mol. The lowest BCUT2D eigenvalue weighted by molar-refractivity contribution is -0.137. The molecule has 17 heteroatoms. The quantitative estimate of drug-likeness (QED) is 0.113. The van der Waals surface area contributed by atoms with Crippen molar-refractivity contribution in [3.8, 4) is 33.6 Å². The van der Waals surface area contributed by atoms with Crippen molar-refractivity contribution in [2.24, 2.45) is 11.3 Å². The van der Waals surface area contributed by atoms with Gasteiger partial charge in [-0.1, -0.05) is 94.8 Å². The first kappa shape index (κ1) is 44.5. The van der Waals surface area contributed by atoms with Crippen LogP contribution in [0.15, 0.2) is 54.7 Å². The van der Waals surface area contributed by atoms with Crippen molar-refractivity contribution in [1.82, 2.24) is 40.4 Å². The van der Waals surface area contributed by atoms with Crippen LogP contribution in [0.25, 0.3) is 33.6 Å². The molecule has 322 valence electrons. The summed E-state index contributed by atoms with van der Waals surface area (Å²) in [4.78, 5) is 71.8. The maximum atomic E-state index is 14.0. The second-order valence-corrected chi connectivity index (χ2v) is 18.1. The summed E-state index contributed by atoms with van der Waals surface area (Å²) in [6.07, 6.45) is 3.54. The Kier molecular flexibility index (Phi) is 13.9. The predicted octanol–water partition coefficient (Wildman–Crippen LogP) is 7.23. The van der Waals surface area contributed by atoms with Gasteiger partial charge < -0.3 is 44.6 Å². The van der Waals surface area contributed by atoms with Crippen LogP contribution in [0.2, 0.25) is 5.15 Å². The van der Waals surface area contributed by atoms with Crippen LogP contribution in [-0.2, 0) is 23.8 Å². The van der Waals surface area contributed by atoms with Gasteiger partial charge in [-0.3, -0.25) is 9.59 Å². The van der Waals surface area contributed by atoms with Gasteiger partial charge in [0.05, 0.1) is 50.0 Å². The highest BCUT2D eigenvalue weighted by molar-refractivity contribution is 7.99. The predicted molar refractivity (Wildman–Crippen MR) is 231 cm³/mol. The molecule has 2 aliphatic rings. The lowest BCUT2D eigenvalue weighted by Crippen LogP contribution is -2.54. The maximum Gasteiger partial charge on any atom is 0.407 e. The number of methoxy groups -OCH3 is 3. The van der Waals surface area contributed by atoms with E-state index in [1.165, 1.54) is 14.2 Å². The van der Waals surface area contributed by atoms with Gasteiger partial charge in [0.25, 0.3) is 0 Å². The van der Waals surface area contributed by atoms with Crippen LogP contribution in [0.1, 0.15) is 71.2 Å². The number of likely N-dealkylation sites (tertiary alicyclic amines) is 2. The molecule has 2 saturated heterocycles. The molecule has 2 aromatic heterocycles. The summed E-state index contributed by atoms with van der Waals surface area (Å²) in [5.41, 5.74) is 4.69. The number of amides is 4. The normalized spacial score (nSPS) is 20.2. The largest absolute Gasteiger partial charge is 0.453 e. The first-order chi connectivity index (χ1) is 28.6. The fourth-order valence-corrected chi connectivity index (χ4v) is 8.79. The lowest BCUT2D eigenvalue weighted by Gasteiger charge is -2.35. The first-order valence-corrected chi connectivity index (χ1v) is 21.6. The summed E-state index contributed by atoms with van der Waals surface area (Å²) in [5.74, 6) is 0.619. The molecule has 0 aliphatic carbocycles. The Labute approximate surface area is 360 Å². The number of benzene rings is 2. The molecule has 0 radical (unpaired) electrons. The number of nitrogens with one attached hydrogen (secondary N) is 4. The van der Waals surface area contributed by atoms with E-state index in [9.17, 15) is 19.2 Å². The van der Waals surface area contributed by atoms with Crippen LogP contribution in [0, 0.1) is 11.3 Å². The number of ether oxygens (including phenoxy) is 3.